The van der Waals surface area contributed by atoms with Gasteiger partial charge in [0.25, 0.3) is 0 Å². The smallest absolute Gasteiger partial charge is 0.0596 e. The topological polar surface area (TPSA) is 24.5 Å². The summed E-state index contributed by atoms with van der Waals surface area (Å²) in [4.78, 5) is 2.14. The van der Waals surface area contributed by atoms with Gasteiger partial charge in [0.2, 0.25) is 0 Å². The van der Waals surface area contributed by atoms with Gasteiger partial charge in [-0.25, -0.2) is 0 Å². The van der Waals surface area contributed by atoms with Gasteiger partial charge in [0, 0.05) is 6.54 Å². The minimum Gasteiger partial charge on any atom is -0.377 e. The summed E-state index contributed by atoms with van der Waals surface area (Å²) in [5.74, 6) is 0. The van der Waals surface area contributed by atoms with Gasteiger partial charge in [-0.2, -0.15) is 0 Å². The molecule has 0 aliphatic heterocycles. The van der Waals surface area contributed by atoms with E-state index in [9.17, 15) is 0 Å². The maximum Gasteiger partial charge on any atom is 0.0596 e. The van der Waals surface area contributed by atoms with Gasteiger partial charge in [-0.3, -0.25) is 0 Å². The first kappa shape index (κ1) is 12.9. The average molecular weight is 188 g/mol. The first-order chi connectivity index (χ1) is 6.16. The highest BCUT2D eigenvalue weighted by molar-refractivity contribution is 4.53. The van der Waals surface area contributed by atoms with Crippen LogP contribution in [0.4, 0.5) is 0 Å². The molecule has 0 rings (SSSR count). The summed E-state index contributed by atoms with van der Waals surface area (Å²) in [7, 11) is 6.11. The van der Waals surface area contributed by atoms with Crippen LogP contribution < -0.4 is 5.32 Å². The van der Waals surface area contributed by atoms with Gasteiger partial charge in [0.15, 0.2) is 0 Å². The van der Waals surface area contributed by atoms with Crippen molar-refractivity contribution in [3.63, 3.8) is 0 Å². The summed E-state index contributed by atoms with van der Waals surface area (Å²) in [6.07, 6.45) is 2.74. The molecule has 3 nitrogen and oxygen atoms in total. The van der Waals surface area contributed by atoms with Crippen LogP contribution in [-0.2, 0) is 4.74 Å². The summed E-state index contributed by atoms with van der Waals surface area (Å²) < 4.78 is 5.63. The molecule has 0 aromatic rings. The molecule has 0 bridgehead atoms. The minimum absolute atomic E-state index is 0.397. The van der Waals surface area contributed by atoms with Crippen molar-refractivity contribution < 1.29 is 4.74 Å². The van der Waals surface area contributed by atoms with Crippen LogP contribution >= 0.6 is 0 Å². The lowest BCUT2D eigenvalue weighted by Gasteiger charge is -2.15. The summed E-state index contributed by atoms with van der Waals surface area (Å²) in [6.45, 7) is 5.08. The molecule has 0 fully saturated rings. The van der Waals surface area contributed by atoms with Gasteiger partial charge in [-0.15, -0.1) is 0 Å². The van der Waals surface area contributed by atoms with Crippen molar-refractivity contribution in [3.05, 3.63) is 0 Å². The molecule has 0 aliphatic rings. The fraction of sp³-hybridized carbons (Fsp3) is 1.00. The van der Waals surface area contributed by atoms with E-state index >= 15 is 0 Å². The van der Waals surface area contributed by atoms with Crippen LogP contribution in [0.25, 0.3) is 0 Å². The van der Waals surface area contributed by atoms with Gasteiger partial charge in [-0.05, 0) is 47.5 Å². The molecule has 0 radical (unpaired) electrons. The van der Waals surface area contributed by atoms with Crippen molar-refractivity contribution in [2.45, 2.75) is 25.9 Å². The molecule has 0 heterocycles. The monoisotopic (exact) mass is 188 g/mol. The lowest BCUT2D eigenvalue weighted by Crippen LogP contribution is -2.21. The number of hydrogen-bond acceptors (Lipinski definition) is 3. The molecule has 13 heavy (non-hydrogen) atoms. The summed E-state index contributed by atoms with van der Waals surface area (Å²) >= 11 is 0. The normalized spacial score (nSPS) is 13.6. The van der Waals surface area contributed by atoms with E-state index < -0.39 is 0 Å². The fourth-order valence-corrected chi connectivity index (χ4v) is 1.09. The Labute approximate surface area is 82.4 Å². The Morgan fingerprint density at radius 2 is 2.08 bits per heavy atom. The zero-order chi connectivity index (χ0) is 10.1. The molecule has 0 spiro atoms. The molecular formula is C10H24N2O. The fourth-order valence-electron chi connectivity index (χ4n) is 1.09. The zero-order valence-electron chi connectivity index (χ0n) is 9.47. The predicted octanol–water partition coefficient (Wildman–Crippen LogP) is 0.953. The zero-order valence-corrected chi connectivity index (χ0v) is 9.47. The molecule has 0 aromatic carbocycles. The predicted molar refractivity (Wildman–Crippen MR) is 57.1 cm³/mol. The Balaban J connectivity index is 3.15. The highest BCUT2D eigenvalue weighted by Crippen LogP contribution is 2.00. The van der Waals surface area contributed by atoms with E-state index in [-0.39, 0.29) is 0 Å². The minimum atomic E-state index is 0.397. The number of nitrogens with one attached hydrogen (secondary N) is 1. The number of ether oxygens (including phenoxy) is 1. The second kappa shape index (κ2) is 8.48. The maximum atomic E-state index is 5.63. The molecule has 0 saturated heterocycles. The average Bonchev–Trinajstić information content (AvgIpc) is 2.04. The second-order valence-corrected chi connectivity index (χ2v) is 3.73. The van der Waals surface area contributed by atoms with Crippen molar-refractivity contribution in [2.24, 2.45) is 0 Å². The maximum absolute atomic E-state index is 5.63. The van der Waals surface area contributed by atoms with Gasteiger partial charge >= 0.3 is 0 Å². The van der Waals surface area contributed by atoms with Crippen molar-refractivity contribution in [3.8, 4) is 0 Å². The molecule has 1 unspecified atom stereocenters. The third-order valence-corrected chi connectivity index (χ3v) is 1.98. The first-order valence-electron chi connectivity index (χ1n) is 5.07. The number of likely N-dealkylation sites (N-methyl/N-ethyl adjacent to an activating group) is 1. The molecule has 1 atom stereocenters. The Hall–Kier alpha value is -0.120. The number of hydrogen-bond donors (Lipinski definition) is 1. The molecule has 3 heteroatoms. The standard InChI is InChI=1S/C10H24N2O/c1-10(6-5-7-11-2)13-9-8-12(3)4/h10-11H,5-9H2,1-4H3. The van der Waals surface area contributed by atoms with E-state index in [1.54, 1.807) is 0 Å². The van der Waals surface area contributed by atoms with E-state index in [0.29, 0.717) is 6.10 Å². The van der Waals surface area contributed by atoms with Crippen LogP contribution in [0.3, 0.4) is 0 Å². The lowest BCUT2D eigenvalue weighted by molar-refractivity contribution is 0.0497. The van der Waals surface area contributed by atoms with E-state index in [2.05, 4.69) is 31.2 Å². The van der Waals surface area contributed by atoms with E-state index in [1.165, 1.54) is 6.42 Å². The quantitative estimate of drug-likeness (QED) is 0.574. The van der Waals surface area contributed by atoms with Crippen molar-refractivity contribution in [1.29, 1.82) is 0 Å². The molecule has 0 amide bonds. The van der Waals surface area contributed by atoms with Gasteiger partial charge < -0.3 is 15.0 Å². The van der Waals surface area contributed by atoms with Crippen LogP contribution in [0.5, 0.6) is 0 Å². The number of rotatable bonds is 8. The SMILES string of the molecule is CNCCCC(C)OCCN(C)C. The third-order valence-electron chi connectivity index (χ3n) is 1.98. The summed E-state index contributed by atoms with van der Waals surface area (Å²) in [5, 5.41) is 3.13. The lowest BCUT2D eigenvalue weighted by atomic mass is 10.2. The largest absolute Gasteiger partial charge is 0.377 e. The van der Waals surface area contributed by atoms with E-state index in [4.69, 9.17) is 4.74 Å². The second-order valence-electron chi connectivity index (χ2n) is 3.73. The van der Waals surface area contributed by atoms with Gasteiger partial charge in [0.1, 0.15) is 0 Å². The summed E-state index contributed by atoms with van der Waals surface area (Å²) in [5.41, 5.74) is 0. The highest BCUT2D eigenvalue weighted by Gasteiger charge is 2.01. The van der Waals surface area contributed by atoms with Crippen LogP contribution in [0.15, 0.2) is 0 Å². The summed E-state index contributed by atoms with van der Waals surface area (Å²) in [6, 6.07) is 0. The molecule has 1 N–H and O–H groups in total. The van der Waals surface area contributed by atoms with Gasteiger partial charge in [-0.1, -0.05) is 0 Å². The third kappa shape index (κ3) is 9.80. The van der Waals surface area contributed by atoms with Crippen LogP contribution in [0.1, 0.15) is 19.8 Å². The number of nitrogens with zero attached hydrogens (tertiary/aromatic N) is 1. The van der Waals surface area contributed by atoms with Gasteiger partial charge in [0.05, 0.1) is 12.7 Å². The first-order valence-corrected chi connectivity index (χ1v) is 5.07. The Morgan fingerprint density at radius 1 is 1.38 bits per heavy atom. The highest BCUT2D eigenvalue weighted by atomic mass is 16.5. The van der Waals surface area contributed by atoms with Crippen LogP contribution in [-0.4, -0.2) is 51.8 Å². The Kier molecular flexibility index (Phi) is 8.40. The molecule has 0 aliphatic carbocycles. The van der Waals surface area contributed by atoms with Crippen molar-refractivity contribution in [2.75, 3.05) is 40.8 Å². The van der Waals surface area contributed by atoms with Crippen LogP contribution in [0.2, 0.25) is 0 Å². The molecular weight excluding hydrogens is 164 g/mol. The molecule has 0 saturated carbocycles. The van der Waals surface area contributed by atoms with E-state index in [1.807, 2.05) is 7.05 Å². The van der Waals surface area contributed by atoms with Crippen LogP contribution in [0, 0.1) is 0 Å². The van der Waals surface area contributed by atoms with Crippen molar-refractivity contribution >= 4 is 0 Å². The Bertz CT molecular complexity index is 107. The molecule has 80 valence electrons. The van der Waals surface area contributed by atoms with Crippen molar-refractivity contribution in [1.82, 2.24) is 10.2 Å². The van der Waals surface area contributed by atoms with E-state index in [0.717, 1.165) is 26.1 Å². The Morgan fingerprint density at radius 3 is 2.62 bits per heavy atom. The molecule has 0 aromatic heterocycles.